The van der Waals surface area contributed by atoms with Gasteiger partial charge in [-0.2, -0.15) is 0 Å². The molecule has 0 amide bonds. The molecular formula is C13H25CaNaO7S. The molecule has 0 atom stereocenters. The van der Waals surface area contributed by atoms with Gasteiger partial charge in [0.1, 0.15) is 0 Å². The number of rotatable bonds is 12. The summed E-state index contributed by atoms with van der Waals surface area (Å²) < 4.78 is 34.5. The molecule has 0 rings (SSSR count). The van der Waals surface area contributed by atoms with Crippen LogP contribution < -0.4 is 39.8 Å². The van der Waals surface area contributed by atoms with Gasteiger partial charge in [0.05, 0.1) is 6.61 Å². The van der Waals surface area contributed by atoms with Crippen molar-refractivity contribution in [1.82, 2.24) is 0 Å². The molecule has 0 aliphatic carbocycles. The summed E-state index contributed by atoms with van der Waals surface area (Å²) in [7, 11) is -4.48. The van der Waals surface area contributed by atoms with Crippen LogP contribution in [0.1, 0.15) is 71.1 Å². The van der Waals surface area contributed by atoms with Crippen LogP contribution in [0.25, 0.3) is 0 Å². The van der Waals surface area contributed by atoms with E-state index < -0.39 is 16.6 Å². The Labute approximate surface area is 191 Å². The van der Waals surface area contributed by atoms with Crippen LogP contribution in [0.3, 0.4) is 0 Å². The van der Waals surface area contributed by atoms with Crippen LogP contribution in [-0.2, 0) is 14.6 Å². The third kappa shape index (κ3) is 45.2. The predicted molar refractivity (Wildman–Crippen MR) is 78.6 cm³/mol. The second-order valence-electron chi connectivity index (χ2n) is 4.66. The molecule has 23 heavy (non-hydrogen) atoms. The van der Waals surface area contributed by atoms with Crippen molar-refractivity contribution in [3.8, 4) is 0 Å². The van der Waals surface area contributed by atoms with E-state index in [1.165, 1.54) is 44.9 Å². The number of carbonyl (C=O) groups excluding carboxylic acids is 1. The van der Waals surface area contributed by atoms with Gasteiger partial charge < -0.3 is 19.6 Å². The topological polar surface area (TPSA) is 130 Å². The minimum absolute atomic E-state index is 0. The van der Waals surface area contributed by atoms with Crippen LogP contribution in [0.15, 0.2) is 0 Å². The summed E-state index contributed by atoms with van der Waals surface area (Å²) in [5, 5.41) is 16.7. The maximum absolute atomic E-state index is 10.1. The van der Waals surface area contributed by atoms with Crippen LogP contribution in [0.4, 0.5) is 4.79 Å². The van der Waals surface area contributed by atoms with Gasteiger partial charge in [-0.3, -0.25) is 4.18 Å². The fraction of sp³-hybridized carbons (Fsp3) is 0.923. The summed E-state index contributed by atoms with van der Waals surface area (Å²) in [6.45, 7) is 2.24. The molecule has 0 unspecified atom stereocenters. The average molecular weight is 388 g/mol. The number of carbonyl (C=O) groups is 1. The Kier molecular flexibility index (Phi) is 32.7. The van der Waals surface area contributed by atoms with E-state index in [0.717, 1.165) is 12.8 Å². The van der Waals surface area contributed by atoms with Crippen LogP contribution in [0.5, 0.6) is 0 Å². The Morgan fingerprint density at radius 3 is 1.48 bits per heavy atom. The van der Waals surface area contributed by atoms with Gasteiger partial charge in [0.25, 0.3) is 0 Å². The van der Waals surface area contributed by atoms with Gasteiger partial charge >= 0.3 is 67.3 Å². The van der Waals surface area contributed by atoms with Crippen molar-refractivity contribution in [3.05, 3.63) is 0 Å². The molecule has 0 bridgehead atoms. The molecule has 0 aromatic heterocycles. The molecule has 0 heterocycles. The molecule has 128 valence electrons. The number of carboxylic acid groups (broad SMARTS) is 2. The first-order chi connectivity index (χ1) is 9.79. The van der Waals surface area contributed by atoms with Crippen molar-refractivity contribution in [2.24, 2.45) is 0 Å². The van der Waals surface area contributed by atoms with E-state index in [9.17, 15) is 13.0 Å². The minimum atomic E-state index is -4.48. The van der Waals surface area contributed by atoms with Crippen molar-refractivity contribution >= 4 is 54.3 Å². The van der Waals surface area contributed by atoms with Crippen molar-refractivity contribution < 1.29 is 61.7 Å². The molecule has 0 N–H and O–H groups in total. The maximum Gasteiger partial charge on any atom is 2.00 e. The van der Waals surface area contributed by atoms with E-state index in [1.807, 2.05) is 0 Å². The molecule has 10 heteroatoms. The molecule has 7 nitrogen and oxygen atoms in total. The van der Waals surface area contributed by atoms with E-state index in [0.29, 0.717) is 6.42 Å². The molecule has 0 aromatic carbocycles. The van der Waals surface area contributed by atoms with E-state index in [2.05, 4.69) is 11.1 Å². The summed E-state index contributed by atoms with van der Waals surface area (Å²) in [6, 6.07) is 0. The zero-order valence-electron chi connectivity index (χ0n) is 14.3. The Morgan fingerprint density at radius 2 is 1.17 bits per heavy atom. The first-order valence-electron chi connectivity index (χ1n) is 7.27. The first-order valence-corrected chi connectivity index (χ1v) is 8.61. The van der Waals surface area contributed by atoms with Gasteiger partial charge in [-0.15, -0.1) is 0 Å². The number of hydrogen-bond donors (Lipinski definition) is 0. The average Bonchev–Trinajstić information content (AvgIpc) is 2.34. The summed E-state index contributed by atoms with van der Waals surface area (Å²) in [5.41, 5.74) is 0. The monoisotopic (exact) mass is 388 g/mol. The Balaban J connectivity index is -0.000000268. The fourth-order valence-electron chi connectivity index (χ4n) is 1.75. The molecule has 0 spiro atoms. The van der Waals surface area contributed by atoms with Crippen molar-refractivity contribution in [3.63, 3.8) is 0 Å². The standard InChI is InChI=1S/C12H26O4S.CH2O3.Ca.Na/c1-2-3-4-5-6-7-8-9-10-11-12-16-17(13,14)15;2-1(3)4;;/h2-12H2,1H3,(H,13,14,15);(H2,2,3,4);;/q;;+2;+1/p-3. The van der Waals surface area contributed by atoms with Gasteiger partial charge in [0.2, 0.25) is 10.4 Å². The zero-order chi connectivity index (χ0) is 16.6. The largest absolute Gasteiger partial charge is 2.00 e. The van der Waals surface area contributed by atoms with Crippen LogP contribution >= 0.6 is 0 Å². The van der Waals surface area contributed by atoms with Gasteiger partial charge in [0, 0.05) is 0 Å². The maximum atomic E-state index is 10.1. The molecule has 0 saturated carbocycles. The molecular weight excluding hydrogens is 363 g/mol. The Hall–Kier alpha value is 1.40. The van der Waals surface area contributed by atoms with Crippen LogP contribution in [0.2, 0.25) is 0 Å². The third-order valence-electron chi connectivity index (χ3n) is 2.73. The normalized spacial score (nSPS) is 9.83. The molecule has 0 radical (unpaired) electrons. The number of unbranched alkanes of at least 4 members (excludes halogenated alkanes) is 9. The molecule has 0 aliphatic heterocycles. The second kappa shape index (κ2) is 23.4. The third-order valence-corrected chi connectivity index (χ3v) is 3.18. The molecule has 0 saturated heterocycles. The SMILES string of the molecule is CCCCCCCCCCCCOS(=O)(=O)[O-].O=C([O-])[O-].[Ca+2].[Na+]. The summed E-state index contributed by atoms with van der Waals surface area (Å²) >= 11 is 0. The van der Waals surface area contributed by atoms with Crippen LogP contribution in [-0.4, -0.2) is 63.5 Å². The van der Waals surface area contributed by atoms with Crippen molar-refractivity contribution in [2.45, 2.75) is 71.1 Å². The van der Waals surface area contributed by atoms with Crippen molar-refractivity contribution in [2.75, 3.05) is 6.61 Å². The van der Waals surface area contributed by atoms with Crippen LogP contribution in [0, 0.1) is 0 Å². The predicted octanol–water partition coefficient (Wildman–Crippen LogP) is -2.44. The quantitative estimate of drug-likeness (QED) is 0.157. The first kappa shape index (κ1) is 32.1. The Bertz CT molecular complexity index is 335. The summed E-state index contributed by atoms with van der Waals surface area (Å²) in [6.07, 6.45) is 9.37. The smallest absolute Gasteiger partial charge is 0.726 e. The zero-order valence-corrected chi connectivity index (χ0v) is 19.3. The summed E-state index contributed by atoms with van der Waals surface area (Å²) in [4.78, 5) is 8.33. The molecule has 0 fully saturated rings. The number of hydrogen-bond acceptors (Lipinski definition) is 7. The fourth-order valence-corrected chi connectivity index (χ4v) is 2.07. The summed E-state index contributed by atoms with van der Waals surface area (Å²) in [5.74, 6) is 0. The molecule has 0 aromatic rings. The van der Waals surface area contributed by atoms with Gasteiger partial charge in [0.15, 0.2) is 0 Å². The van der Waals surface area contributed by atoms with E-state index in [1.54, 1.807) is 0 Å². The van der Waals surface area contributed by atoms with Gasteiger partial charge in [-0.25, -0.2) is 8.42 Å². The van der Waals surface area contributed by atoms with E-state index in [-0.39, 0.29) is 73.9 Å². The van der Waals surface area contributed by atoms with Gasteiger partial charge in [-0.1, -0.05) is 64.7 Å². The second-order valence-corrected chi connectivity index (χ2v) is 5.71. The van der Waals surface area contributed by atoms with E-state index in [4.69, 9.17) is 15.0 Å². The minimum Gasteiger partial charge on any atom is -0.726 e. The molecule has 0 aliphatic rings. The van der Waals surface area contributed by atoms with Crippen molar-refractivity contribution in [1.29, 1.82) is 0 Å². The van der Waals surface area contributed by atoms with Gasteiger partial charge in [-0.05, 0) is 12.6 Å². The van der Waals surface area contributed by atoms with E-state index >= 15 is 0 Å². The Morgan fingerprint density at radius 1 is 0.870 bits per heavy atom.